The van der Waals surface area contributed by atoms with E-state index in [1.165, 1.54) is 0 Å². The summed E-state index contributed by atoms with van der Waals surface area (Å²) in [6.45, 7) is 3.57. The van der Waals surface area contributed by atoms with E-state index in [9.17, 15) is 17.6 Å². The van der Waals surface area contributed by atoms with E-state index in [4.69, 9.17) is 0 Å². The highest BCUT2D eigenvalue weighted by atomic mass is 19.4. The number of hydrogen-bond acceptors (Lipinski definition) is 2. The van der Waals surface area contributed by atoms with Crippen LogP contribution in [-0.2, 0) is 6.18 Å². The zero-order valence-electron chi connectivity index (χ0n) is 10.6. The predicted molar refractivity (Wildman–Crippen MR) is 65.5 cm³/mol. The molecule has 2 N–H and O–H groups in total. The van der Waals surface area contributed by atoms with E-state index < -0.39 is 17.6 Å². The van der Waals surface area contributed by atoms with Crippen molar-refractivity contribution in [2.75, 3.05) is 18.4 Å². The van der Waals surface area contributed by atoms with Crippen molar-refractivity contribution in [1.82, 2.24) is 5.32 Å². The molecule has 1 aliphatic rings. The fourth-order valence-electron chi connectivity index (χ4n) is 2.22. The second-order valence-electron chi connectivity index (χ2n) is 5.13. The second-order valence-corrected chi connectivity index (χ2v) is 5.13. The topological polar surface area (TPSA) is 24.1 Å². The third kappa shape index (κ3) is 3.37. The normalized spacial score (nSPS) is 19.2. The molecule has 19 heavy (non-hydrogen) atoms. The highest BCUT2D eigenvalue weighted by Crippen LogP contribution is 2.32. The number of halogens is 4. The molecule has 6 heteroatoms. The first-order chi connectivity index (χ1) is 8.80. The van der Waals surface area contributed by atoms with Gasteiger partial charge in [0.25, 0.3) is 0 Å². The van der Waals surface area contributed by atoms with Gasteiger partial charge in [0.15, 0.2) is 0 Å². The summed E-state index contributed by atoms with van der Waals surface area (Å²) in [7, 11) is 0. The van der Waals surface area contributed by atoms with Gasteiger partial charge < -0.3 is 10.6 Å². The van der Waals surface area contributed by atoms with Crippen LogP contribution in [0.3, 0.4) is 0 Å². The zero-order chi connectivity index (χ0) is 14.1. The summed E-state index contributed by atoms with van der Waals surface area (Å²) in [5, 5.41) is 6.21. The molecule has 0 aromatic heterocycles. The van der Waals surface area contributed by atoms with Crippen LogP contribution in [0.4, 0.5) is 23.2 Å². The molecule has 2 nitrogen and oxygen atoms in total. The smallest absolute Gasteiger partial charge is 0.377 e. The molecule has 0 saturated carbocycles. The zero-order valence-corrected chi connectivity index (χ0v) is 10.6. The van der Waals surface area contributed by atoms with Crippen LogP contribution in [-0.4, -0.2) is 18.6 Å². The van der Waals surface area contributed by atoms with Gasteiger partial charge in [-0.25, -0.2) is 4.39 Å². The molecule has 1 aromatic rings. The summed E-state index contributed by atoms with van der Waals surface area (Å²) in [5.41, 5.74) is -1.13. The monoisotopic (exact) mass is 276 g/mol. The quantitative estimate of drug-likeness (QED) is 0.809. The van der Waals surface area contributed by atoms with Crippen molar-refractivity contribution < 1.29 is 17.6 Å². The standard InChI is InChI=1S/C13H16F4N2/c1-12(4-6-18-7-5-12)19-11-3-2-9(8-10(11)14)13(15,16)17/h2-3,8,18-19H,4-7H2,1H3. The molecule has 0 spiro atoms. The summed E-state index contributed by atoms with van der Waals surface area (Å²) in [4.78, 5) is 0. The summed E-state index contributed by atoms with van der Waals surface area (Å²) >= 11 is 0. The molecule has 0 atom stereocenters. The van der Waals surface area contributed by atoms with Crippen LogP contribution in [0, 0.1) is 5.82 Å². The number of rotatable bonds is 2. The lowest BCUT2D eigenvalue weighted by Crippen LogP contribution is -2.45. The van der Waals surface area contributed by atoms with Gasteiger partial charge in [-0.2, -0.15) is 13.2 Å². The second kappa shape index (κ2) is 5.00. The average molecular weight is 276 g/mol. The molecule has 106 valence electrons. The minimum absolute atomic E-state index is 0.123. The molecule has 1 fully saturated rings. The van der Waals surface area contributed by atoms with Crippen LogP contribution in [0.2, 0.25) is 0 Å². The van der Waals surface area contributed by atoms with E-state index in [-0.39, 0.29) is 11.2 Å². The van der Waals surface area contributed by atoms with Crippen LogP contribution < -0.4 is 10.6 Å². The van der Waals surface area contributed by atoms with E-state index in [1.54, 1.807) is 0 Å². The number of anilines is 1. The van der Waals surface area contributed by atoms with Crippen molar-refractivity contribution >= 4 is 5.69 Å². The molecule has 0 aliphatic carbocycles. The van der Waals surface area contributed by atoms with Crippen molar-refractivity contribution in [3.63, 3.8) is 0 Å². The lowest BCUT2D eigenvalue weighted by molar-refractivity contribution is -0.137. The van der Waals surface area contributed by atoms with Gasteiger partial charge in [0.2, 0.25) is 0 Å². The summed E-state index contributed by atoms with van der Waals surface area (Å²) in [5.74, 6) is -0.866. The Balaban J connectivity index is 2.17. The maximum absolute atomic E-state index is 13.7. The lowest BCUT2D eigenvalue weighted by atomic mass is 9.90. The molecule has 0 amide bonds. The number of nitrogens with one attached hydrogen (secondary N) is 2. The fraction of sp³-hybridized carbons (Fsp3) is 0.538. The Labute approximate surface area is 109 Å². The van der Waals surface area contributed by atoms with Gasteiger partial charge in [-0.1, -0.05) is 0 Å². The van der Waals surface area contributed by atoms with Crippen molar-refractivity contribution in [3.05, 3.63) is 29.6 Å². The van der Waals surface area contributed by atoms with Gasteiger partial charge >= 0.3 is 6.18 Å². The maximum Gasteiger partial charge on any atom is 0.416 e. The fourth-order valence-corrected chi connectivity index (χ4v) is 2.22. The van der Waals surface area contributed by atoms with Gasteiger partial charge in [0.05, 0.1) is 11.3 Å². The highest BCUT2D eigenvalue weighted by Gasteiger charge is 2.32. The molecule has 1 heterocycles. The molecule has 1 saturated heterocycles. The average Bonchev–Trinajstić information content (AvgIpc) is 2.31. The Bertz CT molecular complexity index is 450. The Hall–Kier alpha value is -1.30. The van der Waals surface area contributed by atoms with Crippen molar-refractivity contribution in [2.24, 2.45) is 0 Å². The van der Waals surface area contributed by atoms with Crippen molar-refractivity contribution in [2.45, 2.75) is 31.5 Å². The molecule has 1 aliphatic heterocycles. The van der Waals surface area contributed by atoms with Crippen LogP contribution in [0.1, 0.15) is 25.3 Å². The lowest BCUT2D eigenvalue weighted by Gasteiger charge is -2.36. The van der Waals surface area contributed by atoms with E-state index >= 15 is 0 Å². The first-order valence-electron chi connectivity index (χ1n) is 6.16. The van der Waals surface area contributed by atoms with Gasteiger partial charge in [0.1, 0.15) is 5.82 Å². The summed E-state index contributed by atoms with van der Waals surface area (Å²) in [6.07, 6.45) is -2.92. The minimum atomic E-state index is -4.52. The van der Waals surface area contributed by atoms with Gasteiger partial charge in [-0.05, 0) is 51.1 Å². The van der Waals surface area contributed by atoms with Gasteiger partial charge in [0, 0.05) is 5.54 Å². The van der Waals surface area contributed by atoms with E-state index in [2.05, 4.69) is 10.6 Å². The van der Waals surface area contributed by atoms with Crippen LogP contribution >= 0.6 is 0 Å². The van der Waals surface area contributed by atoms with Crippen LogP contribution in [0.5, 0.6) is 0 Å². The molecule has 0 radical (unpaired) electrons. The molecular weight excluding hydrogens is 260 g/mol. The molecular formula is C13H16F4N2. The summed E-state index contributed by atoms with van der Waals surface area (Å²) < 4.78 is 51.0. The van der Waals surface area contributed by atoms with E-state index in [1.807, 2.05) is 6.92 Å². The SMILES string of the molecule is CC1(Nc2ccc(C(F)(F)F)cc2F)CCNCC1. The first kappa shape index (κ1) is 14.1. The van der Waals surface area contributed by atoms with Gasteiger partial charge in [-0.15, -0.1) is 0 Å². The number of hydrogen-bond donors (Lipinski definition) is 2. The Morgan fingerprint density at radius 3 is 2.37 bits per heavy atom. The largest absolute Gasteiger partial charge is 0.416 e. The molecule has 2 rings (SSSR count). The van der Waals surface area contributed by atoms with Crippen molar-refractivity contribution in [1.29, 1.82) is 0 Å². The van der Waals surface area contributed by atoms with Gasteiger partial charge in [-0.3, -0.25) is 0 Å². The Morgan fingerprint density at radius 1 is 1.21 bits per heavy atom. The third-order valence-corrected chi connectivity index (χ3v) is 3.44. The van der Waals surface area contributed by atoms with E-state index in [0.717, 1.165) is 38.1 Å². The number of alkyl halides is 3. The maximum atomic E-state index is 13.7. The Kier molecular flexibility index (Phi) is 3.71. The summed E-state index contributed by atoms with van der Waals surface area (Å²) in [6, 6.07) is 2.59. The van der Waals surface area contributed by atoms with Crippen LogP contribution in [0.25, 0.3) is 0 Å². The van der Waals surface area contributed by atoms with E-state index in [0.29, 0.717) is 6.07 Å². The Morgan fingerprint density at radius 2 is 1.84 bits per heavy atom. The molecule has 0 unspecified atom stereocenters. The predicted octanol–water partition coefficient (Wildman–Crippen LogP) is 3.40. The third-order valence-electron chi connectivity index (χ3n) is 3.44. The van der Waals surface area contributed by atoms with Crippen LogP contribution in [0.15, 0.2) is 18.2 Å². The molecule has 1 aromatic carbocycles. The van der Waals surface area contributed by atoms with Crippen molar-refractivity contribution in [3.8, 4) is 0 Å². The first-order valence-corrected chi connectivity index (χ1v) is 6.16. The number of piperidine rings is 1. The number of benzene rings is 1. The minimum Gasteiger partial charge on any atom is -0.377 e. The highest BCUT2D eigenvalue weighted by molar-refractivity contribution is 5.49. The molecule has 0 bridgehead atoms.